The number of ether oxygens (including phenoxy) is 3. The Bertz CT molecular complexity index is 1290. The van der Waals surface area contributed by atoms with E-state index in [-0.39, 0.29) is 47.9 Å². The number of nitrogens with zero attached hydrogens (tertiary/aromatic N) is 1. The number of sulfonamides is 1. The van der Waals surface area contributed by atoms with Crippen molar-refractivity contribution in [3.8, 4) is 16.9 Å². The predicted molar refractivity (Wildman–Crippen MR) is 143 cm³/mol. The summed E-state index contributed by atoms with van der Waals surface area (Å²) in [6.07, 6.45) is 0. The Labute approximate surface area is 223 Å². The van der Waals surface area contributed by atoms with Gasteiger partial charge < -0.3 is 14.2 Å². The summed E-state index contributed by atoms with van der Waals surface area (Å²) in [6.45, 7) is 14.3. The number of carbonyl (C=O) groups is 3. The Morgan fingerprint density at radius 2 is 1.08 bits per heavy atom. The highest BCUT2D eigenvalue weighted by Crippen LogP contribution is 2.25. The fraction of sp³-hybridized carbons (Fsp3) is 0.250. The molecule has 10 heteroatoms. The van der Waals surface area contributed by atoms with Gasteiger partial charge in [0.1, 0.15) is 19.0 Å². The Morgan fingerprint density at radius 1 is 0.684 bits per heavy atom. The molecule has 0 aliphatic heterocycles. The van der Waals surface area contributed by atoms with Crippen molar-refractivity contribution < 1.29 is 37.0 Å². The van der Waals surface area contributed by atoms with Crippen LogP contribution in [0.4, 0.5) is 0 Å². The molecule has 0 spiro atoms. The topological polar surface area (TPSA) is 116 Å². The van der Waals surface area contributed by atoms with Crippen LogP contribution in [0.2, 0.25) is 0 Å². The van der Waals surface area contributed by atoms with Gasteiger partial charge in [-0.25, -0.2) is 22.8 Å². The smallest absolute Gasteiger partial charge is 0.338 e. The minimum absolute atomic E-state index is 0.00529. The fourth-order valence-electron chi connectivity index (χ4n) is 2.96. The van der Waals surface area contributed by atoms with Crippen LogP contribution in [0.1, 0.15) is 20.8 Å². The van der Waals surface area contributed by atoms with Crippen LogP contribution in [-0.4, -0.2) is 56.9 Å². The zero-order chi connectivity index (χ0) is 28.5. The predicted octanol–water partition coefficient (Wildman–Crippen LogP) is 4.06. The minimum atomic E-state index is -4.02. The maximum absolute atomic E-state index is 13.4. The van der Waals surface area contributed by atoms with E-state index >= 15 is 0 Å². The van der Waals surface area contributed by atoms with E-state index in [1.807, 2.05) is 0 Å². The average molecular weight is 542 g/mol. The lowest BCUT2D eigenvalue weighted by atomic mass is 10.1. The Hall–Kier alpha value is -4.02. The molecule has 0 N–H and O–H groups in total. The summed E-state index contributed by atoms with van der Waals surface area (Å²) >= 11 is 0. The van der Waals surface area contributed by atoms with Crippen molar-refractivity contribution in [2.24, 2.45) is 0 Å². The zero-order valence-corrected chi connectivity index (χ0v) is 22.5. The Balaban J connectivity index is 2.19. The summed E-state index contributed by atoms with van der Waals surface area (Å²) in [5.41, 5.74) is 2.17. The summed E-state index contributed by atoms with van der Waals surface area (Å²) in [4.78, 5) is 35.1. The molecule has 202 valence electrons. The van der Waals surface area contributed by atoms with Crippen LogP contribution in [0, 0.1) is 0 Å². The largest absolute Gasteiger partial charge is 0.461 e. The molecule has 0 heterocycles. The zero-order valence-electron chi connectivity index (χ0n) is 21.7. The van der Waals surface area contributed by atoms with Crippen molar-refractivity contribution in [1.29, 1.82) is 0 Å². The molecule has 0 unspecified atom stereocenters. The van der Waals surface area contributed by atoms with E-state index in [9.17, 15) is 22.8 Å². The Morgan fingerprint density at radius 3 is 1.47 bits per heavy atom. The first kappa shape index (κ1) is 30.2. The van der Waals surface area contributed by atoms with E-state index in [1.54, 1.807) is 43.3 Å². The minimum Gasteiger partial charge on any atom is -0.461 e. The van der Waals surface area contributed by atoms with E-state index in [4.69, 9.17) is 14.2 Å². The molecule has 0 bridgehead atoms. The highest BCUT2D eigenvalue weighted by Gasteiger charge is 2.25. The molecule has 0 saturated carbocycles. The van der Waals surface area contributed by atoms with Gasteiger partial charge in [0.15, 0.2) is 0 Å². The lowest BCUT2D eigenvalue weighted by Crippen LogP contribution is -2.37. The first-order valence-electron chi connectivity index (χ1n) is 11.6. The van der Waals surface area contributed by atoms with Gasteiger partial charge in [-0.3, -0.25) is 0 Å². The van der Waals surface area contributed by atoms with Gasteiger partial charge in [0.2, 0.25) is 10.0 Å². The molecule has 2 aromatic rings. The molecule has 0 saturated heterocycles. The third kappa shape index (κ3) is 8.53. The van der Waals surface area contributed by atoms with Crippen LogP contribution in [0.3, 0.4) is 0 Å². The van der Waals surface area contributed by atoms with Crippen LogP contribution < -0.4 is 4.74 Å². The molecule has 38 heavy (non-hydrogen) atoms. The van der Waals surface area contributed by atoms with Gasteiger partial charge in [-0.05, 0) is 56.2 Å². The molecule has 9 nitrogen and oxygen atoms in total. The van der Waals surface area contributed by atoms with Crippen LogP contribution >= 0.6 is 0 Å². The van der Waals surface area contributed by atoms with Crippen molar-refractivity contribution in [3.63, 3.8) is 0 Å². The van der Waals surface area contributed by atoms with E-state index in [0.717, 1.165) is 15.4 Å². The Kier molecular flexibility index (Phi) is 10.7. The lowest BCUT2D eigenvalue weighted by molar-refractivity contribution is -0.139. The highest BCUT2D eigenvalue weighted by molar-refractivity contribution is 7.89. The second-order valence-corrected chi connectivity index (χ2v) is 10.4. The number of carbonyl (C=O) groups excluding carboxylic acids is 3. The second kappa shape index (κ2) is 13.5. The first-order chi connectivity index (χ1) is 17.8. The van der Waals surface area contributed by atoms with Gasteiger partial charge in [-0.1, -0.05) is 44.0 Å². The second-order valence-electron chi connectivity index (χ2n) is 8.46. The van der Waals surface area contributed by atoms with Gasteiger partial charge in [0.25, 0.3) is 0 Å². The van der Waals surface area contributed by atoms with Crippen molar-refractivity contribution in [1.82, 2.24) is 4.31 Å². The van der Waals surface area contributed by atoms with Crippen molar-refractivity contribution >= 4 is 27.9 Å². The number of rotatable bonds is 13. The number of benzene rings is 2. The third-order valence-corrected chi connectivity index (χ3v) is 7.00. The molecule has 0 aliphatic rings. The van der Waals surface area contributed by atoms with Gasteiger partial charge in [0, 0.05) is 29.8 Å². The third-order valence-electron chi connectivity index (χ3n) is 5.08. The number of hydrogen-bond donors (Lipinski definition) is 0. The van der Waals surface area contributed by atoms with Crippen molar-refractivity contribution in [2.45, 2.75) is 25.7 Å². The number of hydrogen-bond acceptors (Lipinski definition) is 8. The molecule has 0 aromatic heterocycles. The van der Waals surface area contributed by atoms with E-state index in [1.165, 1.54) is 26.0 Å². The summed E-state index contributed by atoms with van der Waals surface area (Å²) in [5.74, 6) is -1.45. The molecule has 0 atom stereocenters. The van der Waals surface area contributed by atoms with Crippen molar-refractivity contribution in [2.75, 3.05) is 26.3 Å². The first-order valence-corrected chi connectivity index (χ1v) is 13.0. The fourth-order valence-corrected chi connectivity index (χ4v) is 4.36. The van der Waals surface area contributed by atoms with Crippen molar-refractivity contribution in [3.05, 3.63) is 85.0 Å². The molecular formula is C28H31NO8S. The molecule has 2 aromatic carbocycles. The maximum atomic E-state index is 13.4. The van der Waals surface area contributed by atoms with E-state index in [0.29, 0.717) is 5.75 Å². The van der Waals surface area contributed by atoms with Gasteiger partial charge in [-0.15, -0.1) is 0 Å². The normalized spacial score (nSPS) is 10.9. The molecule has 0 fully saturated rings. The van der Waals surface area contributed by atoms with Gasteiger partial charge in [-0.2, -0.15) is 4.31 Å². The maximum Gasteiger partial charge on any atom is 0.338 e. The standard InChI is InChI=1S/C28H31NO8S/c1-19(2)26(30)35-17-15-29(16-18-36-27(31)20(3)4)38(33,34)25-13-9-23(10-14-25)22-7-11-24(12-8-22)37-28(32)21(5)6/h7-14H,1,3,5,15-18H2,2,4,6H3. The van der Waals surface area contributed by atoms with Crippen LogP contribution in [0.25, 0.3) is 11.1 Å². The van der Waals surface area contributed by atoms with Crippen LogP contribution in [-0.2, 0) is 33.9 Å². The molecule has 0 aliphatic carbocycles. The summed E-state index contributed by atoms with van der Waals surface area (Å²) < 4.78 is 43.1. The summed E-state index contributed by atoms with van der Waals surface area (Å²) in [5, 5.41) is 0. The molecular weight excluding hydrogens is 510 g/mol. The van der Waals surface area contributed by atoms with Gasteiger partial charge >= 0.3 is 17.9 Å². The van der Waals surface area contributed by atoms with E-state index < -0.39 is 27.9 Å². The average Bonchev–Trinajstić information content (AvgIpc) is 2.87. The highest BCUT2D eigenvalue weighted by atomic mass is 32.2. The number of esters is 3. The van der Waals surface area contributed by atoms with E-state index in [2.05, 4.69) is 19.7 Å². The molecule has 2 rings (SSSR count). The summed E-state index contributed by atoms with van der Waals surface area (Å²) in [7, 11) is -4.02. The molecule has 0 radical (unpaired) electrons. The lowest BCUT2D eigenvalue weighted by Gasteiger charge is -2.22. The summed E-state index contributed by atoms with van der Waals surface area (Å²) in [6, 6.07) is 12.9. The monoisotopic (exact) mass is 541 g/mol. The SMILES string of the molecule is C=C(C)C(=O)OCCN(CCOC(=O)C(=C)C)S(=O)(=O)c1ccc(-c2ccc(OC(=O)C(=C)C)cc2)cc1. The van der Waals surface area contributed by atoms with Gasteiger partial charge in [0.05, 0.1) is 4.90 Å². The molecule has 0 amide bonds. The van der Waals surface area contributed by atoms with Crippen LogP contribution in [0.15, 0.2) is 89.9 Å². The van der Waals surface area contributed by atoms with Crippen LogP contribution in [0.5, 0.6) is 5.75 Å². The quantitative estimate of drug-likeness (QED) is 0.212.